The summed E-state index contributed by atoms with van der Waals surface area (Å²) in [5, 5.41) is 3.40. The van der Waals surface area contributed by atoms with Crippen molar-refractivity contribution < 1.29 is 9.53 Å². The predicted molar refractivity (Wildman–Crippen MR) is 70.6 cm³/mol. The molecule has 18 heavy (non-hydrogen) atoms. The van der Waals surface area contributed by atoms with Gasteiger partial charge in [0.25, 0.3) is 5.91 Å². The van der Waals surface area contributed by atoms with Crippen molar-refractivity contribution in [2.45, 2.75) is 25.9 Å². The van der Waals surface area contributed by atoms with Gasteiger partial charge in [0.1, 0.15) is 5.75 Å². The average Bonchev–Trinajstić information content (AvgIpc) is 2.36. The standard InChI is InChI=1S/C14H20N2O2/c1-11-8-16(9-12(2)15-11)14(17)10-18-13-6-4-3-5-7-13/h3-7,11-12,15H,8-10H2,1-2H3. The van der Waals surface area contributed by atoms with Crippen molar-refractivity contribution >= 4 is 5.91 Å². The highest BCUT2D eigenvalue weighted by molar-refractivity contribution is 5.78. The van der Waals surface area contributed by atoms with Gasteiger partial charge in [0, 0.05) is 25.2 Å². The molecule has 4 nitrogen and oxygen atoms in total. The number of amides is 1. The number of benzene rings is 1. The zero-order valence-electron chi connectivity index (χ0n) is 10.9. The van der Waals surface area contributed by atoms with Crippen LogP contribution in [0.4, 0.5) is 0 Å². The second-order valence-corrected chi connectivity index (χ2v) is 4.87. The molecule has 1 aliphatic heterocycles. The van der Waals surface area contributed by atoms with E-state index in [-0.39, 0.29) is 12.5 Å². The van der Waals surface area contributed by atoms with Gasteiger partial charge >= 0.3 is 0 Å². The minimum absolute atomic E-state index is 0.0547. The van der Waals surface area contributed by atoms with Gasteiger partial charge < -0.3 is 15.0 Å². The van der Waals surface area contributed by atoms with Crippen molar-refractivity contribution in [3.05, 3.63) is 30.3 Å². The Bertz CT molecular complexity index is 384. The summed E-state index contributed by atoms with van der Waals surface area (Å²) in [6, 6.07) is 10.1. The van der Waals surface area contributed by atoms with E-state index >= 15 is 0 Å². The molecule has 0 saturated carbocycles. The van der Waals surface area contributed by atoms with Crippen molar-refractivity contribution in [3.8, 4) is 5.75 Å². The number of hydrogen-bond acceptors (Lipinski definition) is 3. The van der Waals surface area contributed by atoms with Crippen LogP contribution in [0.5, 0.6) is 5.75 Å². The molecular weight excluding hydrogens is 228 g/mol. The zero-order chi connectivity index (χ0) is 13.0. The third kappa shape index (κ3) is 3.47. The summed E-state index contributed by atoms with van der Waals surface area (Å²) in [5.74, 6) is 0.793. The van der Waals surface area contributed by atoms with Crippen LogP contribution in [0.25, 0.3) is 0 Å². The first-order chi connectivity index (χ1) is 8.65. The Balaban J connectivity index is 1.84. The lowest BCUT2D eigenvalue weighted by Gasteiger charge is -2.36. The zero-order valence-corrected chi connectivity index (χ0v) is 10.9. The molecule has 1 aromatic carbocycles. The molecule has 0 aliphatic carbocycles. The lowest BCUT2D eigenvalue weighted by Crippen LogP contribution is -2.56. The third-order valence-corrected chi connectivity index (χ3v) is 3.02. The first-order valence-corrected chi connectivity index (χ1v) is 6.37. The van der Waals surface area contributed by atoms with Crippen LogP contribution in [0.15, 0.2) is 30.3 Å². The van der Waals surface area contributed by atoms with Crippen molar-refractivity contribution in [3.63, 3.8) is 0 Å². The molecule has 0 bridgehead atoms. The van der Waals surface area contributed by atoms with Crippen LogP contribution < -0.4 is 10.1 Å². The van der Waals surface area contributed by atoms with Crippen molar-refractivity contribution in [2.75, 3.05) is 19.7 Å². The topological polar surface area (TPSA) is 41.6 Å². The minimum atomic E-state index is 0.0547. The fourth-order valence-electron chi connectivity index (χ4n) is 2.28. The van der Waals surface area contributed by atoms with Crippen LogP contribution in [0, 0.1) is 0 Å². The fourth-order valence-corrected chi connectivity index (χ4v) is 2.28. The van der Waals surface area contributed by atoms with Crippen molar-refractivity contribution in [2.24, 2.45) is 0 Å². The van der Waals surface area contributed by atoms with Crippen LogP contribution in [0.1, 0.15) is 13.8 Å². The summed E-state index contributed by atoms with van der Waals surface area (Å²) < 4.78 is 5.48. The molecular formula is C14H20N2O2. The number of para-hydroxylation sites is 1. The Morgan fingerprint density at radius 2 is 1.89 bits per heavy atom. The van der Waals surface area contributed by atoms with Gasteiger partial charge in [-0.05, 0) is 26.0 Å². The Morgan fingerprint density at radius 3 is 2.50 bits per heavy atom. The first kappa shape index (κ1) is 12.9. The molecule has 1 heterocycles. The molecule has 1 amide bonds. The highest BCUT2D eigenvalue weighted by Gasteiger charge is 2.24. The number of nitrogens with zero attached hydrogens (tertiary/aromatic N) is 1. The molecule has 2 rings (SSSR count). The van der Waals surface area contributed by atoms with Crippen LogP contribution >= 0.6 is 0 Å². The summed E-state index contributed by atoms with van der Waals surface area (Å²) >= 11 is 0. The quantitative estimate of drug-likeness (QED) is 0.876. The van der Waals surface area contributed by atoms with Gasteiger partial charge in [0.15, 0.2) is 6.61 Å². The number of nitrogens with one attached hydrogen (secondary N) is 1. The SMILES string of the molecule is CC1CN(C(=O)COc2ccccc2)CC(C)N1. The lowest BCUT2D eigenvalue weighted by atomic mass is 10.1. The summed E-state index contributed by atoms with van der Waals surface area (Å²) in [6.07, 6.45) is 0. The van der Waals surface area contributed by atoms with Crippen LogP contribution in [0.3, 0.4) is 0 Å². The van der Waals surface area contributed by atoms with Gasteiger partial charge in [-0.25, -0.2) is 0 Å². The molecule has 1 fully saturated rings. The second kappa shape index (κ2) is 5.87. The van der Waals surface area contributed by atoms with Crippen LogP contribution in [-0.2, 0) is 4.79 Å². The Hall–Kier alpha value is -1.55. The Morgan fingerprint density at radius 1 is 1.28 bits per heavy atom. The first-order valence-electron chi connectivity index (χ1n) is 6.37. The summed E-state index contributed by atoms with van der Waals surface area (Å²) in [6.45, 7) is 5.80. The smallest absolute Gasteiger partial charge is 0.260 e. The third-order valence-electron chi connectivity index (χ3n) is 3.02. The van der Waals surface area contributed by atoms with Crippen molar-refractivity contribution in [1.82, 2.24) is 10.2 Å². The average molecular weight is 248 g/mol. The van der Waals surface area contributed by atoms with E-state index in [9.17, 15) is 4.79 Å². The van der Waals surface area contributed by atoms with E-state index in [4.69, 9.17) is 4.74 Å². The van der Waals surface area contributed by atoms with Gasteiger partial charge in [-0.1, -0.05) is 18.2 Å². The number of carbonyl (C=O) groups excluding carboxylic acids is 1. The predicted octanol–water partition coefficient (Wildman–Crippen LogP) is 1.27. The maximum Gasteiger partial charge on any atom is 0.260 e. The van der Waals surface area contributed by atoms with E-state index in [0.29, 0.717) is 12.1 Å². The number of rotatable bonds is 3. The normalized spacial score (nSPS) is 23.8. The highest BCUT2D eigenvalue weighted by Crippen LogP contribution is 2.09. The number of hydrogen-bond donors (Lipinski definition) is 1. The molecule has 1 saturated heterocycles. The molecule has 1 N–H and O–H groups in total. The summed E-state index contributed by atoms with van der Waals surface area (Å²) in [7, 11) is 0. The van der Waals surface area contributed by atoms with Crippen LogP contribution in [-0.4, -0.2) is 42.6 Å². The Kier molecular flexibility index (Phi) is 4.20. The van der Waals surface area contributed by atoms with Crippen molar-refractivity contribution in [1.29, 1.82) is 0 Å². The van der Waals surface area contributed by atoms with E-state index in [0.717, 1.165) is 18.8 Å². The Labute approximate surface area is 108 Å². The molecule has 1 aliphatic rings. The van der Waals surface area contributed by atoms with Gasteiger partial charge in [0.05, 0.1) is 0 Å². The van der Waals surface area contributed by atoms with E-state index < -0.39 is 0 Å². The van der Waals surface area contributed by atoms with Gasteiger partial charge in [-0.15, -0.1) is 0 Å². The van der Waals surface area contributed by atoms with E-state index in [1.807, 2.05) is 35.2 Å². The van der Waals surface area contributed by atoms with Gasteiger partial charge in [-0.2, -0.15) is 0 Å². The molecule has 0 radical (unpaired) electrons. The lowest BCUT2D eigenvalue weighted by molar-refractivity contribution is -0.135. The second-order valence-electron chi connectivity index (χ2n) is 4.87. The van der Waals surface area contributed by atoms with Gasteiger partial charge in [0.2, 0.25) is 0 Å². The molecule has 1 aromatic rings. The van der Waals surface area contributed by atoms with E-state index in [1.54, 1.807) is 0 Å². The molecule has 0 spiro atoms. The number of ether oxygens (including phenoxy) is 1. The summed E-state index contributed by atoms with van der Waals surface area (Å²) in [5.41, 5.74) is 0. The number of carbonyl (C=O) groups is 1. The summed E-state index contributed by atoms with van der Waals surface area (Å²) in [4.78, 5) is 13.9. The monoisotopic (exact) mass is 248 g/mol. The van der Waals surface area contributed by atoms with Gasteiger partial charge in [-0.3, -0.25) is 4.79 Å². The molecule has 2 atom stereocenters. The fraction of sp³-hybridized carbons (Fsp3) is 0.500. The maximum atomic E-state index is 12.0. The molecule has 0 aromatic heterocycles. The number of piperazine rings is 1. The minimum Gasteiger partial charge on any atom is -0.484 e. The largest absolute Gasteiger partial charge is 0.484 e. The van der Waals surface area contributed by atoms with E-state index in [2.05, 4.69) is 19.2 Å². The molecule has 98 valence electrons. The molecule has 2 unspecified atom stereocenters. The van der Waals surface area contributed by atoms with Crippen LogP contribution in [0.2, 0.25) is 0 Å². The molecule has 4 heteroatoms. The highest BCUT2D eigenvalue weighted by atomic mass is 16.5. The van der Waals surface area contributed by atoms with E-state index in [1.165, 1.54) is 0 Å². The maximum absolute atomic E-state index is 12.0.